The molecule has 0 heterocycles. The molecule has 0 atom stereocenters. The highest BCUT2D eigenvalue weighted by Crippen LogP contribution is 2.33. The summed E-state index contributed by atoms with van der Waals surface area (Å²) < 4.78 is 38.4. The number of hydrogen-bond donors (Lipinski definition) is 2. The number of aromatic carboxylic acids is 1. The zero-order valence-electron chi connectivity index (χ0n) is 11.2. The number of carbonyl (C=O) groups excluding carboxylic acids is 1. The number of rotatable bonds is 5. The second-order valence-corrected chi connectivity index (χ2v) is 4.28. The van der Waals surface area contributed by atoms with Gasteiger partial charge in [0.05, 0.1) is 11.1 Å². The average Bonchev–Trinajstić information content (AvgIpc) is 2.36. The van der Waals surface area contributed by atoms with Crippen LogP contribution in [-0.2, 0) is 11.0 Å². The van der Waals surface area contributed by atoms with Crippen molar-refractivity contribution in [3.63, 3.8) is 0 Å². The van der Waals surface area contributed by atoms with Gasteiger partial charge in [0, 0.05) is 13.5 Å². The number of carboxylic acid groups (broad SMARTS) is 1. The van der Waals surface area contributed by atoms with Gasteiger partial charge in [-0.1, -0.05) is 18.2 Å². The van der Waals surface area contributed by atoms with Gasteiger partial charge < -0.3 is 10.4 Å². The molecule has 0 aliphatic rings. The Hall–Kier alpha value is -2.31. The Morgan fingerprint density at radius 2 is 2.00 bits per heavy atom. The molecule has 0 radical (unpaired) electrons. The predicted octanol–water partition coefficient (Wildman–Crippen LogP) is 2.94. The van der Waals surface area contributed by atoms with Crippen LogP contribution in [0, 0.1) is 0 Å². The van der Waals surface area contributed by atoms with Gasteiger partial charge >= 0.3 is 12.1 Å². The highest BCUT2D eigenvalue weighted by Gasteiger charge is 2.35. The van der Waals surface area contributed by atoms with Crippen LogP contribution in [0.3, 0.4) is 0 Å². The van der Waals surface area contributed by atoms with Crippen LogP contribution >= 0.6 is 0 Å². The lowest BCUT2D eigenvalue weighted by molar-refractivity contribution is -0.138. The highest BCUT2D eigenvalue weighted by molar-refractivity contribution is 5.90. The maximum absolute atomic E-state index is 12.8. The fourth-order valence-electron chi connectivity index (χ4n) is 1.64. The molecule has 0 fully saturated rings. The Labute approximate surface area is 119 Å². The van der Waals surface area contributed by atoms with Crippen LogP contribution in [0.1, 0.15) is 34.8 Å². The summed E-state index contributed by atoms with van der Waals surface area (Å²) in [6.45, 7) is 1.75. The minimum atomic E-state index is -4.73. The summed E-state index contributed by atoms with van der Waals surface area (Å²) >= 11 is 0. The number of benzene rings is 1. The molecule has 1 aromatic rings. The molecule has 0 aromatic heterocycles. The van der Waals surface area contributed by atoms with Gasteiger partial charge in [0.2, 0.25) is 5.91 Å². The number of hydrogen-bond acceptors (Lipinski definition) is 2. The van der Waals surface area contributed by atoms with Crippen LogP contribution in [0.15, 0.2) is 24.3 Å². The first-order valence-electron chi connectivity index (χ1n) is 6.07. The number of carbonyl (C=O) groups is 2. The van der Waals surface area contributed by atoms with E-state index in [1.165, 1.54) is 19.1 Å². The fraction of sp³-hybridized carbons (Fsp3) is 0.286. The second-order valence-electron chi connectivity index (χ2n) is 4.28. The molecule has 0 spiro atoms. The predicted molar refractivity (Wildman–Crippen MR) is 70.7 cm³/mol. The number of amides is 1. The van der Waals surface area contributed by atoms with Crippen LogP contribution in [-0.4, -0.2) is 23.5 Å². The number of halogens is 3. The SMILES string of the molecule is CC(=O)NCCC=Cc1ccc(C(=O)O)c(C(F)(F)F)c1. The standard InChI is InChI=1S/C14H14F3NO3/c1-9(19)18-7-3-2-4-10-5-6-11(13(20)21)12(8-10)14(15,16)17/h2,4-6,8H,3,7H2,1H3,(H,18,19)(H,20,21). The van der Waals surface area contributed by atoms with Crippen LogP contribution in [0.2, 0.25) is 0 Å². The van der Waals surface area contributed by atoms with E-state index in [4.69, 9.17) is 5.11 Å². The Kier molecular flexibility index (Phi) is 5.52. The summed E-state index contributed by atoms with van der Waals surface area (Å²) in [5.41, 5.74) is -1.72. The lowest BCUT2D eigenvalue weighted by Crippen LogP contribution is -2.20. The Morgan fingerprint density at radius 1 is 1.33 bits per heavy atom. The van der Waals surface area contributed by atoms with Gasteiger partial charge in [0.25, 0.3) is 0 Å². The van der Waals surface area contributed by atoms with Crippen LogP contribution in [0.4, 0.5) is 13.2 Å². The first-order valence-corrected chi connectivity index (χ1v) is 6.07. The summed E-state index contributed by atoms with van der Waals surface area (Å²) in [5.74, 6) is -1.81. The van der Waals surface area contributed by atoms with E-state index in [0.29, 0.717) is 13.0 Å². The molecule has 0 aliphatic heterocycles. The van der Waals surface area contributed by atoms with Gasteiger partial charge in [-0.25, -0.2) is 4.79 Å². The van der Waals surface area contributed by atoms with E-state index in [2.05, 4.69) is 5.32 Å². The van der Waals surface area contributed by atoms with Crippen molar-refractivity contribution in [2.24, 2.45) is 0 Å². The van der Waals surface area contributed by atoms with Gasteiger partial charge in [-0.05, 0) is 24.1 Å². The van der Waals surface area contributed by atoms with E-state index in [-0.39, 0.29) is 11.5 Å². The Bertz CT molecular complexity index is 565. The second kappa shape index (κ2) is 6.92. The van der Waals surface area contributed by atoms with Crippen molar-refractivity contribution in [2.45, 2.75) is 19.5 Å². The van der Waals surface area contributed by atoms with Gasteiger partial charge in [-0.3, -0.25) is 4.79 Å². The lowest BCUT2D eigenvalue weighted by atomic mass is 10.0. The Morgan fingerprint density at radius 3 is 2.52 bits per heavy atom. The zero-order valence-corrected chi connectivity index (χ0v) is 11.2. The van der Waals surface area contributed by atoms with E-state index in [0.717, 1.165) is 12.1 Å². The van der Waals surface area contributed by atoms with Crippen molar-refractivity contribution >= 4 is 18.0 Å². The van der Waals surface area contributed by atoms with E-state index < -0.39 is 23.3 Å². The van der Waals surface area contributed by atoms with E-state index in [1.807, 2.05) is 0 Å². The van der Waals surface area contributed by atoms with E-state index in [9.17, 15) is 22.8 Å². The first kappa shape index (κ1) is 16.7. The molecule has 0 unspecified atom stereocenters. The van der Waals surface area contributed by atoms with Gasteiger partial charge in [0.1, 0.15) is 0 Å². The van der Waals surface area contributed by atoms with Crippen LogP contribution < -0.4 is 5.32 Å². The zero-order chi connectivity index (χ0) is 16.0. The third-order valence-electron chi connectivity index (χ3n) is 2.57. The van der Waals surface area contributed by atoms with E-state index >= 15 is 0 Å². The quantitative estimate of drug-likeness (QED) is 0.822. The van der Waals surface area contributed by atoms with Crippen molar-refractivity contribution in [1.82, 2.24) is 5.32 Å². The molecular weight excluding hydrogens is 287 g/mol. The smallest absolute Gasteiger partial charge is 0.417 e. The minimum Gasteiger partial charge on any atom is -0.478 e. The molecule has 0 saturated carbocycles. The Balaban J connectivity index is 2.88. The normalized spacial score (nSPS) is 11.6. The highest BCUT2D eigenvalue weighted by atomic mass is 19.4. The molecule has 114 valence electrons. The van der Waals surface area contributed by atoms with Crippen molar-refractivity contribution in [2.75, 3.05) is 6.54 Å². The molecule has 0 saturated heterocycles. The van der Waals surface area contributed by atoms with Crippen molar-refractivity contribution in [1.29, 1.82) is 0 Å². The van der Waals surface area contributed by atoms with Gasteiger partial charge in [0.15, 0.2) is 0 Å². The van der Waals surface area contributed by atoms with Gasteiger partial charge in [-0.15, -0.1) is 0 Å². The fourth-order valence-corrected chi connectivity index (χ4v) is 1.64. The maximum atomic E-state index is 12.8. The van der Waals surface area contributed by atoms with Crippen molar-refractivity contribution < 1.29 is 27.9 Å². The van der Waals surface area contributed by atoms with Crippen molar-refractivity contribution in [3.05, 3.63) is 41.0 Å². The molecular formula is C14H14F3NO3. The molecule has 7 heteroatoms. The molecule has 4 nitrogen and oxygen atoms in total. The molecule has 2 N–H and O–H groups in total. The topological polar surface area (TPSA) is 66.4 Å². The minimum absolute atomic E-state index is 0.187. The third kappa shape index (κ3) is 5.29. The summed E-state index contributed by atoms with van der Waals surface area (Å²) in [7, 11) is 0. The largest absolute Gasteiger partial charge is 0.478 e. The molecule has 1 aromatic carbocycles. The number of carboxylic acids is 1. The first-order chi connectivity index (χ1) is 9.71. The maximum Gasteiger partial charge on any atom is 0.417 e. The number of nitrogens with one attached hydrogen (secondary N) is 1. The lowest BCUT2D eigenvalue weighted by Gasteiger charge is -2.10. The van der Waals surface area contributed by atoms with Crippen molar-refractivity contribution in [3.8, 4) is 0 Å². The van der Waals surface area contributed by atoms with E-state index in [1.54, 1.807) is 6.08 Å². The third-order valence-corrected chi connectivity index (χ3v) is 2.57. The van der Waals surface area contributed by atoms with Crippen LogP contribution in [0.5, 0.6) is 0 Å². The molecule has 0 aliphatic carbocycles. The summed E-state index contributed by atoms with van der Waals surface area (Å²) in [6, 6.07) is 3.02. The molecule has 0 bridgehead atoms. The van der Waals surface area contributed by atoms with Crippen LogP contribution in [0.25, 0.3) is 6.08 Å². The summed E-state index contributed by atoms with van der Waals surface area (Å²) in [4.78, 5) is 21.4. The average molecular weight is 301 g/mol. The van der Waals surface area contributed by atoms with Gasteiger partial charge in [-0.2, -0.15) is 13.2 Å². The number of alkyl halides is 3. The summed E-state index contributed by atoms with van der Waals surface area (Å²) in [5, 5.41) is 11.3. The summed E-state index contributed by atoms with van der Waals surface area (Å²) in [6.07, 6.45) is -1.22. The molecule has 1 amide bonds. The molecule has 21 heavy (non-hydrogen) atoms. The monoisotopic (exact) mass is 301 g/mol. The molecule has 1 rings (SSSR count).